The lowest BCUT2D eigenvalue weighted by molar-refractivity contribution is 0.435. The van der Waals surface area contributed by atoms with Gasteiger partial charge >= 0.3 is 0 Å². The Hall–Kier alpha value is -0.0900. The van der Waals surface area contributed by atoms with E-state index in [2.05, 4.69) is 4.72 Å². The quantitative estimate of drug-likeness (QED) is 0.699. The first-order chi connectivity index (χ1) is 4.87. The van der Waals surface area contributed by atoms with Gasteiger partial charge in [0.05, 0.1) is 6.26 Å². The minimum atomic E-state index is -3.03. The molecule has 0 aromatic carbocycles. The van der Waals surface area contributed by atoms with Crippen molar-refractivity contribution in [3.63, 3.8) is 0 Å². The minimum absolute atomic E-state index is 0.0370. The maximum Gasteiger partial charge on any atom is 0.208 e. The lowest BCUT2D eigenvalue weighted by Crippen LogP contribution is -2.35. The molecule has 4 heteroatoms. The zero-order chi connectivity index (χ0) is 9.07. The van der Waals surface area contributed by atoms with Crippen molar-refractivity contribution in [2.45, 2.75) is 33.2 Å². The molecular weight excluding hydrogens is 162 g/mol. The first kappa shape index (κ1) is 10.9. The normalized spacial score (nSPS) is 17.8. The molecule has 0 aliphatic rings. The first-order valence-electron chi connectivity index (χ1n) is 3.84. The summed E-state index contributed by atoms with van der Waals surface area (Å²) in [7, 11) is -3.03. The molecule has 0 amide bonds. The third-order valence-electron chi connectivity index (χ3n) is 1.90. The molecule has 2 atom stereocenters. The van der Waals surface area contributed by atoms with E-state index in [0.717, 1.165) is 6.42 Å². The summed E-state index contributed by atoms with van der Waals surface area (Å²) in [6.45, 7) is 5.96. The fourth-order valence-electron chi connectivity index (χ4n) is 0.807. The van der Waals surface area contributed by atoms with Gasteiger partial charge in [0.15, 0.2) is 0 Å². The van der Waals surface area contributed by atoms with Crippen LogP contribution in [0.4, 0.5) is 0 Å². The van der Waals surface area contributed by atoms with Gasteiger partial charge in [-0.25, -0.2) is 13.1 Å². The summed E-state index contributed by atoms with van der Waals surface area (Å²) in [5.41, 5.74) is 0. The number of hydrogen-bond donors (Lipinski definition) is 1. The predicted molar refractivity (Wildman–Crippen MR) is 46.9 cm³/mol. The molecule has 0 saturated carbocycles. The van der Waals surface area contributed by atoms with Crippen LogP contribution in [0.5, 0.6) is 0 Å². The Morgan fingerprint density at radius 2 is 1.82 bits per heavy atom. The van der Waals surface area contributed by atoms with Crippen molar-refractivity contribution >= 4 is 10.0 Å². The maximum absolute atomic E-state index is 10.8. The number of sulfonamides is 1. The van der Waals surface area contributed by atoms with Gasteiger partial charge in [0.25, 0.3) is 0 Å². The summed E-state index contributed by atoms with van der Waals surface area (Å²) < 4.78 is 24.0. The van der Waals surface area contributed by atoms with Crippen LogP contribution >= 0.6 is 0 Å². The van der Waals surface area contributed by atoms with Crippen LogP contribution < -0.4 is 4.72 Å². The van der Waals surface area contributed by atoms with Crippen LogP contribution in [-0.2, 0) is 10.0 Å². The average Bonchev–Trinajstić information content (AvgIpc) is 1.82. The monoisotopic (exact) mass is 179 g/mol. The standard InChI is InChI=1S/C7H17NO2S/c1-5-6(2)7(3)8-11(4,9)10/h6-8H,5H2,1-4H3. The third-order valence-corrected chi connectivity index (χ3v) is 2.70. The molecule has 0 saturated heterocycles. The van der Waals surface area contributed by atoms with Crippen molar-refractivity contribution < 1.29 is 8.42 Å². The number of rotatable bonds is 4. The van der Waals surface area contributed by atoms with Gasteiger partial charge in [0.2, 0.25) is 10.0 Å². The van der Waals surface area contributed by atoms with E-state index in [-0.39, 0.29) is 6.04 Å². The highest BCUT2D eigenvalue weighted by Crippen LogP contribution is 2.06. The van der Waals surface area contributed by atoms with Gasteiger partial charge in [0.1, 0.15) is 0 Å². The van der Waals surface area contributed by atoms with Crippen molar-refractivity contribution in [3.8, 4) is 0 Å². The first-order valence-corrected chi connectivity index (χ1v) is 5.73. The Morgan fingerprint density at radius 1 is 1.36 bits per heavy atom. The lowest BCUT2D eigenvalue weighted by atomic mass is 10.0. The molecule has 3 nitrogen and oxygen atoms in total. The summed E-state index contributed by atoms with van der Waals surface area (Å²) in [6.07, 6.45) is 2.18. The molecule has 0 aliphatic heterocycles. The van der Waals surface area contributed by atoms with E-state index < -0.39 is 10.0 Å². The van der Waals surface area contributed by atoms with E-state index in [0.29, 0.717) is 5.92 Å². The van der Waals surface area contributed by atoms with Crippen LogP contribution in [0.3, 0.4) is 0 Å². The summed E-state index contributed by atoms with van der Waals surface area (Å²) in [5.74, 6) is 0.393. The molecule has 0 spiro atoms. The summed E-state index contributed by atoms with van der Waals surface area (Å²) in [6, 6.07) is 0.0370. The fraction of sp³-hybridized carbons (Fsp3) is 1.00. The van der Waals surface area contributed by atoms with Crippen LogP contribution in [0.1, 0.15) is 27.2 Å². The summed E-state index contributed by atoms with van der Waals surface area (Å²) >= 11 is 0. The molecule has 0 aliphatic carbocycles. The molecule has 0 rings (SSSR count). The molecule has 0 aromatic rings. The molecule has 2 unspecified atom stereocenters. The van der Waals surface area contributed by atoms with Gasteiger partial charge in [-0.15, -0.1) is 0 Å². The minimum Gasteiger partial charge on any atom is -0.213 e. The van der Waals surface area contributed by atoms with Gasteiger partial charge in [0, 0.05) is 6.04 Å². The van der Waals surface area contributed by atoms with Crippen molar-refractivity contribution in [1.82, 2.24) is 4.72 Å². The Bertz CT molecular complexity index is 198. The lowest BCUT2D eigenvalue weighted by Gasteiger charge is -2.17. The highest BCUT2D eigenvalue weighted by molar-refractivity contribution is 7.88. The Kier molecular flexibility index (Phi) is 4.03. The maximum atomic E-state index is 10.8. The molecule has 0 radical (unpaired) electrons. The number of nitrogens with one attached hydrogen (secondary N) is 1. The van der Waals surface area contributed by atoms with Gasteiger partial charge < -0.3 is 0 Å². The topological polar surface area (TPSA) is 46.2 Å². The SMILES string of the molecule is CCC(C)C(C)NS(C)(=O)=O. The van der Waals surface area contributed by atoms with Crippen LogP contribution in [0.15, 0.2) is 0 Å². The molecule has 0 bridgehead atoms. The highest BCUT2D eigenvalue weighted by Gasteiger charge is 2.13. The molecule has 68 valence electrons. The Labute approximate surface area is 69.2 Å². The zero-order valence-electron chi connectivity index (χ0n) is 7.59. The van der Waals surface area contributed by atoms with Crippen LogP contribution in [0.25, 0.3) is 0 Å². The van der Waals surface area contributed by atoms with E-state index in [4.69, 9.17) is 0 Å². The fourth-order valence-corrected chi connectivity index (χ4v) is 1.72. The zero-order valence-corrected chi connectivity index (χ0v) is 8.40. The Balaban J connectivity index is 3.98. The van der Waals surface area contributed by atoms with Crippen molar-refractivity contribution in [2.24, 2.45) is 5.92 Å². The summed E-state index contributed by atoms with van der Waals surface area (Å²) in [4.78, 5) is 0. The number of hydrogen-bond acceptors (Lipinski definition) is 2. The smallest absolute Gasteiger partial charge is 0.208 e. The van der Waals surface area contributed by atoms with Crippen LogP contribution in [0.2, 0.25) is 0 Å². The van der Waals surface area contributed by atoms with Crippen LogP contribution in [0, 0.1) is 5.92 Å². The van der Waals surface area contributed by atoms with E-state index in [1.54, 1.807) is 0 Å². The van der Waals surface area contributed by atoms with Gasteiger partial charge in [-0.3, -0.25) is 0 Å². The van der Waals surface area contributed by atoms with Crippen molar-refractivity contribution in [3.05, 3.63) is 0 Å². The Morgan fingerprint density at radius 3 is 2.09 bits per heavy atom. The average molecular weight is 179 g/mol. The van der Waals surface area contributed by atoms with Gasteiger partial charge in [-0.1, -0.05) is 20.3 Å². The van der Waals surface area contributed by atoms with Crippen LogP contribution in [-0.4, -0.2) is 20.7 Å². The third kappa shape index (κ3) is 5.21. The largest absolute Gasteiger partial charge is 0.213 e. The molecule has 11 heavy (non-hydrogen) atoms. The summed E-state index contributed by atoms with van der Waals surface area (Å²) in [5, 5.41) is 0. The second-order valence-electron chi connectivity index (χ2n) is 3.06. The molecule has 0 fully saturated rings. The van der Waals surface area contributed by atoms with Crippen molar-refractivity contribution in [2.75, 3.05) is 6.26 Å². The van der Waals surface area contributed by atoms with Gasteiger partial charge in [-0.05, 0) is 12.8 Å². The van der Waals surface area contributed by atoms with Crippen molar-refractivity contribution in [1.29, 1.82) is 0 Å². The van der Waals surface area contributed by atoms with Gasteiger partial charge in [-0.2, -0.15) is 0 Å². The molecular formula is C7H17NO2S. The highest BCUT2D eigenvalue weighted by atomic mass is 32.2. The molecule has 1 N–H and O–H groups in total. The van der Waals surface area contributed by atoms with E-state index in [9.17, 15) is 8.42 Å². The van der Waals surface area contributed by atoms with E-state index in [1.165, 1.54) is 6.26 Å². The predicted octanol–water partition coefficient (Wildman–Crippen LogP) is 0.970. The second kappa shape index (κ2) is 4.07. The van der Waals surface area contributed by atoms with E-state index in [1.807, 2.05) is 20.8 Å². The van der Waals surface area contributed by atoms with E-state index >= 15 is 0 Å². The molecule has 0 heterocycles. The molecule has 0 aromatic heterocycles. The second-order valence-corrected chi connectivity index (χ2v) is 4.84.